The molecule has 1 N–H and O–H groups in total. The molecule has 1 aliphatic carbocycles. The van der Waals surface area contributed by atoms with Gasteiger partial charge in [-0.25, -0.2) is 13.2 Å². The first kappa shape index (κ1) is 24.1. The number of aliphatic hydroxyl groups is 1. The molecule has 2 nitrogen and oxygen atoms in total. The molecule has 3 aromatic rings. The number of aliphatic hydroxyl groups excluding tert-OH is 1. The quantitative estimate of drug-likeness (QED) is 0.388. The normalized spacial score (nSPS) is 18.4. The molecule has 1 saturated carbocycles. The third-order valence-corrected chi connectivity index (χ3v) is 6.60. The highest BCUT2D eigenvalue weighted by Crippen LogP contribution is 2.39. The minimum atomic E-state index is -0.831. The SMILES string of the molecule is CCOc1ccc(/C=C/C2CCC(c3ccc(-c4ccc(CO)cc4)c(F)c3F)CC2)c(F)c1. The number of hydrogen-bond acceptors (Lipinski definition) is 2. The maximum atomic E-state index is 15.0. The van der Waals surface area contributed by atoms with Gasteiger partial charge in [0.1, 0.15) is 11.6 Å². The Bertz CT molecular complexity index is 1150. The van der Waals surface area contributed by atoms with Crippen LogP contribution in [0.15, 0.2) is 60.7 Å². The molecule has 34 heavy (non-hydrogen) atoms. The number of allylic oxidation sites excluding steroid dienone is 1. The smallest absolute Gasteiger partial charge is 0.166 e. The van der Waals surface area contributed by atoms with Gasteiger partial charge in [-0.1, -0.05) is 48.6 Å². The van der Waals surface area contributed by atoms with Gasteiger partial charge in [0, 0.05) is 17.2 Å². The second-order valence-corrected chi connectivity index (χ2v) is 8.77. The highest BCUT2D eigenvalue weighted by molar-refractivity contribution is 5.65. The van der Waals surface area contributed by atoms with Crippen LogP contribution in [-0.2, 0) is 6.61 Å². The number of benzene rings is 3. The minimum Gasteiger partial charge on any atom is -0.494 e. The fourth-order valence-electron chi connectivity index (χ4n) is 4.65. The van der Waals surface area contributed by atoms with Gasteiger partial charge in [-0.2, -0.15) is 0 Å². The van der Waals surface area contributed by atoms with Crippen LogP contribution < -0.4 is 4.74 Å². The van der Waals surface area contributed by atoms with Gasteiger partial charge in [0.2, 0.25) is 0 Å². The lowest BCUT2D eigenvalue weighted by molar-refractivity contribution is 0.282. The van der Waals surface area contributed by atoms with Crippen molar-refractivity contribution in [1.82, 2.24) is 0 Å². The van der Waals surface area contributed by atoms with E-state index in [1.54, 1.807) is 54.6 Å². The molecule has 0 aliphatic heterocycles. The van der Waals surface area contributed by atoms with Gasteiger partial charge in [0.25, 0.3) is 0 Å². The molecule has 1 fully saturated rings. The molecule has 1 aliphatic rings. The predicted octanol–water partition coefficient (Wildman–Crippen LogP) is 7.65. The highest BCUT2D eigenvalue weighted by atomic mass is 19.2. The topological polar surface area (TPSA) is 29.5 Å². The van der Waals surface area contributed by atoms with Gasteiger partial charge in [-0.05, 0) is 73.3 Å². The van der Waals surface area contributed by atoms with E-state index < -0.39 is 11.6 Å². The third-order valence-electron chi connectivity index (χ3n) is 6.60. The largest absolute Gasteiger partial charge is 0.494 e. The van der Waals surface area contributed by atoms with Crippen molar-refractivity contribution in [3.05, 3.63) is 94.8 Å². The molecular formula is C29H29F3O2. The summed E-state index contributed by atoms with van der Waals surface area (Å²) < 4.78 is 49.5. The van der Waals surface area contributed by atoms with Gasteiger partial charge >= 0.3 is 0 Å². The van der Waals surface area contributed by atoms with Crippen molar-refractivity contribution >= 4 is 6.08 Å². The van der Waals surface area contributed by atoms with E-state index in [1.165, 1.54) is 6.07 Å². The van der Waals surface area contributed by atoms with Crippen LogP contribution in [0.2, 0.25) is 0 Å². The summed E-state index contributed by atoms with van der Waals surface area (Å²) in [5.74, 6) is -1.17. The second kappa shape index (κ2) is 10.9. The fraction of sp³-hybridized carbons (Fsp3) is 0.310. The first-order valence-corrected chi connectivity index (χ1v) is 11.8. The average Bonchev–Trinajstić information content (AvgIpc) is 2.86. The molecule has 5 heteroatoms. The Balaban J connectivity index is 1.41. The second-order valence-electron chi connectivity index (χ2n) is 8.77. The van der Waals surface area contributed by atoms with Gasteiger partial charge in [-0.3, -0.25) is 0 Å². The lowest BCUT2D eigenvalue weighted by Crippen LogP contribution is -2.13. The van der Waals surface area contributed by atoms with Crippen LogP contribution in [0.25, 0.3) is 17.2 Å². The van der Waals surface area contributed by atoms with Crippen LogP contribution in [0.4, 0.5) is 13.2 Å². The van der Waals surface area contributed by atoms with E-state index in [1.807, 2.05) is 13.0 Å². The van der Waals surface area contributed by atoms with Crippen molar-refractivity contribution in [3.63, 3.8) is 0 Å². The highest BCUT2D eigenvalue weighted by Gasteiger charge is 2.25. The van der Waals surface area contributed by atoms with Crippen molar-refractivity contribution in [2.75, 3.05) is 6.61 Å². The summed E-state index contributed by atoms with van der Waals surface area (Å²) in [4.78, 5) is 0. The lowest BCUT2D eigenvalue weighted by Gasteiger charge is -2.27. The Morgan fingerprint density at radius 1 is 0.912 bits per heavy atom. The Labute approximate surface area is 198 Å². The van der Waals surface area contributed by atoms with E-state index in [9.17, 15) is 13.2 Å². The summed E-state index contributed by atoms with van der Waals surface area (Å²) in [6.07, 6.45) is 7.00. The Morgan fingerprint density at radius 2 is 1.65 bits per heavy atom. The molecule has 0 amide bonds. The zero-order chi connectivity index (χ0) is 24.1. The molecule has 0 saturated heterocycles. The van der Waals surface area contributed by atoms with Crippen LogP contribution in [0, 0.1) is 23.4 Å². The van der Waals surface area contributed by atoms with Crippen LogP contribution in [0.5, 0.6) is 5.75 Å². The maximum Gasteiger partial charge on any atom is 0.166 e. The molecule has 0 bridgehead atoms. The third kappa shape index (κ3) is 5.36. The van der Waals surface area contributed by atoms with E-state index in [0.29, 0.717) is 29.0 Å². The summed E-state index contributed by atoms with van der Waals surface area (Å²) in [5, 5.41) is 9.17. The van der Waals surface area contributed by atoms with E-state index in [0.717, 1.165) is 31.2 Å². The van der Waals surface area contributed by atoms with Crippen molar-refractivity contribution in [3.8, 4) is 16.9 Å². The van der Waals surface area contributed by atoms with Crippen LogP contribution in [0.1, 0.15) is 55.2 Å². The minimum absolute atomic E-state index is 0.0350. The van der Waals surface area contributed by atoms with Gasteiger partial charge in [0.05, 0.1) is 13.2 Å². The molecule has 0 spiro atoms. The zero-order valence-electron chi connectivity index (χ0n) is 19.2. The molecule has 0 unspecified atom stereocenters. The molecular weight excluding hydrogens is 437 g/mol. The van der Waals surface area contributed by atoms with Crippen LogP contribution >= 0.6 is 0 Å². The van der Waals surface area contributed by atoms with E-state index in [4.69, 9.17) is 9.84 Å². The number of hydrogen-bond donors (Lipinski definition) is 1. The molecule has 0 atom stereocenters. The Morgan fingerprint density at radius 3 is 2.29 bits per heavy atom. The van der Waals surface area contributed by atoms with Crippen LogP contribution in [0.3, 0.4) is 0 Å². The predicted molar refractivity (Wildman–Crippen MR) is 129 cm³/mol. The molecule has 4 rings (SSSR count). The summed E-state index contributed by atoms with van der Waals surface area (Å²) >= 11 is 0. The first-order chi connectivity index (χ1) is 16.5. The molecule has 0 heterocycles. The zero-order valence-corrected chi connectivity index (χ0v) is 19.2. The monoisotopic (exact) mass is 466 g/mol. The lowest BCUT2D eigenvalue weighted by atomic mass is 9.78. The summed E-state index contributed by atoms with van der Waals surface area (Å²) in [6.45, 7) is 2.25. The van der Waals surface area contributed by atoms with E-state index in [2.05, 4.69) is 0 Å². The van der Waals surface area contributed by atoms with Crippen molar-refractivity contribution in [2.45, 2.75) is 45.1 Å². The van der Waals surface area contributed by atoms with E-state index in [-0.39, 0.29) is 29.8 Å². The summed E-state index contributed by atoms with van der Waals surface area (Å²) in [7, 11) is 0. The first-order valence-electron chi connectivity index (χ1n) is 11.8. The molecule has 178 valence electrons. The summed E-state index contributed by atoms with van der Waals surface area (Å²) in [5.41, 5.74) is 2.46. The van der Waals surface area contributed by atoms with E-state index >= 15 is 0 Å². The maximum absolute atomic E-state index is 15.0. The number of halogens is 3. The van der Waals surface area contributed by atoms with Gasteiger partial charge < -0.3 is 9.84 Å². The summed E-state index contributed by atoms with van der Waals surface area (Å²) in [6, 6.07) is 15.0. The van der Waals surface area contributed by atoms with Crippen molar-refractivity contribution in [1.29, 1.82) is 0 Å². The Kier molecular flexibility index (Phi) is 7.73. The van der Waals surface area contributed by atoms with Gasteiger partial charge in [0.15, 0.2) is 11.6 Å². The van der Waals surface area contributed by atoms with Crippen molar-refractivity contribution in [2.24, 2.45) is 5.92 Å². The Hall–Kier alpha value is -3.05. The molecule has 0 radical (unpaired) electrons. The van der Waals surface area contributed by atoms with Crippen LogP contribution in [-0.4, -0.2) is 11.7 Å². The number of ether oxygens (including phenoxy) is 1. The van der Waals surface area contributed by atoms with Gasteiger partial charge in [-0.15, -0.1) is 0 Å². The molecule has 0 aromatic heterocycles. The fourth-order valence-corrected chi connectivity index (χ4v) is 4.65. The number of rotatable bonds is 7. The standard InChI is InChI=1S/C29H29F3O2/c1-2-34-24-14-13-23(27(30)17-24)12-5-19-3-8-21(9-4-19)25-15-16-26(29(32)28(25)31)22-10-6-20(18-33)7-11-22/h5-7,10-17,19,21,33H,2-4,8-9,18H2,1H3/b12-5+. The molecule has 3 aromatic carbocycles. The average molecular weight is 467 g/mol. The van der Waals surface area contributed by atoms with Crippen molar-refractivity contribution < 1.29 is 23.0 Å².